The Labute approximate surface area is 191 Å². The lowest BCUT2D eigenvalue weighted by molar-refractivity contribution is 0.559. The van der Waals surface area contributed by atoms with Crippen LogP contribution in [0, 0.1) is 0 Å². The van der Waals surface area contributed by atoms with Crippen molar-refractivity contribution in [2.45, 2.75) is 51.6 Å². The van der Waals surface area contributed by atoms with Gasteiger partial charge in [0.1, 0.15) is 5.39 Å². The number of nitrogens with one attached hydrogen (secondary N) is 2. The molecule has 0 amide bonds. The zero-order valence-corrected chi connectivity index (χ0v) is 18.7. The van der Waals surface area contributed by atoms with Crippen LogP contribution in [0.3, 0.4) is 0 Å². The highest BCUT2D eigenvalue weighted by atomic mass is 16.1. The van der Waals surface area contributed by atoms with E-state index in [1.165, 1.54) is 11.1 Å². The fraction of sp³-hybridized carbons (Fsp3) is 0.360. The van der Waals surface area contributed by atoms with Crippen LogP contribution in [-0.2, 0) is 19.4 Å². The summed E-state index contributed by atoms with van der Waals surface area (Å²) in [5.74, 6) is 0.487. The van der Waals surface area contributed by atoms with Gasteiger partial charge in [0.15, 0.2) is 5.65 Å². The molecule has 1 fully saturated rings. The number of rotatable bonds is 6. The summed E-state index contributed by atoms with van der Waals surface area (Å²) in [7, 11) is 0. The summed E-state index contributed by atoms with van der Waals surface area (Å²) in [5.41, 5.74) is 6.16. The Morgan fingerprint density at radius 3 is 2.91 bits per heavy atom. The molecule has 0 spiro atoms. The molecule has 3 aromatic heterocycles. The molecule has 8 heteroatoms. The van der Waals surface area contributed by atoms with Gasteiger partial charge in [0.05, 0.1) is 11.7 Å². The van der Waals surface area contributed by atoms with Gasteiger partial charge in [-0.1, -0.05) is 19.4 Å². The molecule has 2 aliphatic rings. The van der Waals surface area contributed by atoms with E-state index in [9.17, 15) is 4.79 Å². The summed E-state index contributed by atoms with van der Waals surface area (Å²) < 4.78 is 3.81. The summed E-state index contributed by atoms with van der Waals surface area (Å²) in [6.07, 6.45) is 8.41. The van der Waals surface area contributed by atoms with Gasteiger partial charge in [0.25, 0.3) is 5.56 Å². The highest BCUT2D eigenvalue weighted by molar-refractivity contribution is 5.77. The predicted octanol–water partition coefficient (Wildman–Crippen LogP) is 3.65. The maximum Gasteiger partial charge on any atom is 0.278 e. The Morgan fingerprint density at radius 1 is 1.15 bits per heavy atom. The second-order valence-electron chi connectivity index (χ2n) is 8.91. The van der Waals surface area contributed by atoms with E-state index in [1.54, 1.807) is 6.20 Å². The van der Waals surface area contributed by atoms with Crippen LogP contribution >= 0.6 is 0 Å². The first-order valence-electron chi connectivity index (χ1n) is 11.8. The molecule has 6 rings (SSSR count). The average molecular weight is 442 g/mol. The van der Waals surface area contributed by atoms with Crippen molar-refractivity contribution in [3.63, 3.8) is 0 Å². The molecule has 1 aromatic carbocycles. The molecule has 0 bridgehead atoms. The molecule has 0 saturated heterocycles. The fourth-order valence-corrected chi connectivity index (χ4v) is 4.63. The normalized spacial score (nSPS) is 15.5. The van der Waals surface area contributed by atoms with Crippen molar-refractivity contribution in [2.75, 3.05) is 11.9 Å². The first-order valence-corrected chi connectivity index (χ1v) is 11.8. The lowest BCUT2D eigenvalue weighted by atomic mass is 10.0. The largest absolute Gasteiger partial charge is 0.324 e. The Balaban J connectivity index is 1.44. The van der Waals surface area contributed by atoms with Crippen LogP contribution in [0.1, 0.15) is 49.0 Å². The zero-order valence-electron chi connectivity index (χ0n) is 18.7. The maximum atomic E-state index is 13.3. The van der Waals surface area contributed by atoms with E-state index in [0.717, 1.165) is 62.3 Å². The van der Waals surface area contributed by atoms with Crippen LogP contribution in [0.2, 0.25) is 0 Å². The van der Waals surface area contributed by atoms with Gasteiger partial charge in [-0.2, -0.15) is 4.98 Å². The summed E-state index contributed by atoms with van der Waals surface area (Å²) in [6.45, 7) is 4.04. The first kappa shape index (κ1) is 20.1. The third kappa shape index (κ3) is 3.70. The standard InChI is InChI=1S/C25H27N7O/c1-2-3-18-13-21(9-11-27-18)31-23-22(24(33)32(31)20-6-7-20)15-28-25(30-23)29-19-5-4-17-14-26-10-8-16(17)12-19/h4-5,9,11-13,15,20,26H,2-3,6-8,10,14H2,1H3,(H,28,29,30). The molecule has 1 saturated carbocycles. The van der Waals surface area contributed by atoms with E-state index in [0.29, 0.717) is 17.0 Å². The second kappa shape index (κ2) is 8.12. The Kier molecular flexibility index (Phi) is 4.95. The van der Waals surface area contributed by atoms with Crippen molar-refractivity contribution < 1.29 is 0 Å². The molecule has 0 atom stereocenters. The highest BCUT2D eigenvalue weighted by Gasteiger charge is 2.31. The van der Waals surface area contributed by atoms with Gasteiger partial charge in [-0.25, -0.2) is 14.3 Å². The molecule has 1 aliphatic carbocycles. The minimum Gasteiger partial charge on any atom is -0.324 e. The van der Waals surface area contributed by atoms with Gasteiger partial charge in [0.2, 0.25) is 5.95 Å². The smallest absolute Gasteiger partial charge is 0.278 e. The van der Waals surface area contributed by atoms with Crippen LogP contribution in [0.4, 0.5) is 11.6 Å². The minimum absolute atomic E-state index is 0.0332. The molecule has 8 nitrogen and oxygen atoms in total. The van der Waals surface area contributed by atoms with Gasteiger partial charge in [-0.15, -0.1) is 0 Å². The SMILES string of the molecule is CCCc1cc(-n2c3nc(Nc4ccc5c(c4)CCNC5)ncc3c(=O)n2C2CC2)ccn1. The molecular weight excluding hydrogens is 414 g/mol. The monoisotopic (exact) mass is 441 g/mol. The number of anilines is 2. The molecule has 0 unspecified atom stereocenters. The van der Waals surface area contributed by atoms with E-state index in [4.69, 9.17) is 4.98 Å². The number of benzene rings is 1. The average Bonchev–Trinajstić information content (AvgIpc) is 3.63. The summed E-state index contributed by atoms with van der Waals surface area (Å²) >= 11 is 0. The van der Waals surface area contributed by atoms with Crippen molar-refractivity contribution in [1.82, 2.24) is 29.6 Å². The molecule has 4 heterocycles. The van der Waals surface area contributed by atoms with Gasteiger partial charge in [-0.05, 0) is 67.6 Å². The van der Waals surface area contributed by atoms with Crippen LogP contribution < -0.4 is 16.2 Å². The number of nitrogens with zero attached hydrogens (tertiary/aromatic N) is 5. The number of pyridine rings is 1. The second-order valence-corrected chi connectivity index (χ2v) is 8.91. The number of aryl methyl sites for hydroxylation is 1. The Bertz CT molecular complexity index is 1400. The van der Waals surface area contributed by atoms with Crippen molar-refractivity contribution in [3.05, 3.63) is 69.9 Å². The van der Waals surface area contributed by atoms with Gasteiger partial charge in [0, 0.05) is 30.3 Å². The van der Waals surface area contributed by atoms with Crippen molar-refractivity contribution in [2.24, 2.45) is 0 Å². The maximum absolute atomic E-state index is 13.3. The van der Waals surface area contributed by atoms with E-state index in [-0.39, 0.29) is 11.6 Å². The summed E-state index contributed by atoms with van der Waals surface area (Å²) in [6, 6.07) is 10.6. The Hall–Kier alpha value is -3.52. The molecule has 4 aromatic rings. The molecule has 33 heavy (non-hydrogen) atoms. The van der Waals surface area contributed by atoms with Crippen molar-refractivity contribution in [3.8, 4) is 5.69 Å². The fourth-order valence-electron chi connectivity index (χ4n) is 4.63. The molecular formula is C25H27N7O. The topological polar surface area (TPSA) is 89.7 Å². The number of aromatic nitrogens is 5. The van der Waals surface area contributed by atoms with Crippen LogP contribution in [0.25, 0.3) is 16.7 Å². The van der Waals surface area contributed by atoms with Crippen LogP contribution in [0.5, 0.6) is 0 Å². The number of hydrogen-bond acceptors (Lipinski definition) is 6. The Morgan fingerprint density at radius 2 is 2.06 bits per heavy atom. The molecule has 0 radical (unpaired) electrons. The number of hydrogen-bond donors (Lipinski definition) is 2. The van der Waals surface area contributed by atoms with Gasteiger partial charge >= 0.3 is 0 Å². The lowest BCUT2D eigenvalue weighted by Gasteiger charge is -2.18. The van der Waals surface area contributed by atoms with Gasteiger partial charge in [-0.3, -0.25) is 9.78 Å². The molecule has 1 aliphatic heterocycles. The quantitative estimate of drug-likeness (QED) is 0.475. The van der Waals surface area contributed by atoms with E-state index in [2.05, 4.69) is 51.8 Å². The molecule has 2 N–H and O–H groups in total. The lowest BCUT2D eigenvalue weighted by Crippen LogP contribution is -2.23. The van der Waals surface area contributed by atoms with Crippen molar-refractivity contribution in [1.29, 1.82) is 0 Å². The highest BCUT2D eigenvalue weighted by Crippen LogP contribution is 2.35. The van der Waals surface area contributed by atoms with E-state index >= 15 is 0 Å². The zero-order chi connectivity index (χ0) is 22.4. The van der Waals surface area contributed by atoms with E-state index in [1.807, 2.05) is 21.6 Å². The first-order chi connectivity index (χ1) is 16.2. The van der Waals surface area contributed by atoms with Crippen LogP contribution in [0.15, 0.2) is 47.5 Å². The third-order valence-corrected chi connectivity index (χ3v) is 6.42. The summed E-state index contributed by atoms with van der Waals surface area (Å²) in [5, 5.41) is 7.29. The number of fused-ring (bicyclic) bond motifs is 2. The minimum atomic E-state index is -0.0332. The van der Waals surface area contributed by atoms with Crippen LogP contribution in [-0.4, -0.2) is 30.9 Å². The van der Waals surface area contributed by atoms with Gasteiger partial charge < -0.3 is 10.6 Å². The molecule has 168 valence electrons. The predicted molar refractivity (Wildman–Crippen MR) is 128 cm³/mol. The summed E-state index contributed by atoms with van der Waals surface area (Å²) in [4.78, 5) is 27.0. The van der Waals surface area contributed by atoms with E-state index < -0.39 is 0 Å². The van der Waals surface area contributed by atoms with Crippen molar-refractivity contribution >= 4 is 22.7 Å². The third-order valence-electron chi connectivity index (χ3n) is 6.42.